The van der Waals surface area contributed by atoms with Crippen molar-refractivity contribution in [1.82, 2.24) is 4.90 Å². The first-order chi connectivity index (χ1) is 11.7. The maximum Gasteiger partial charge on any atom is 0.417 e. The smallest absolute Gasteiger partial charge is 0.417 e. The first-order valence-corrected chi connectivity index (χ1v) is 7.96. The number of hydrogen-bond donors (Lipinski definition) is 0. The number of allylic oxidation sites excluding steroid dienone is 1. The highest BCUT2D eigenvalue weighted by atomic mass is 16.6. The van der Waals surface area contributed by atoms with Gasteiger partial charge in [-0.05, 0) is 37.1 Å². The molecule has 2 aromatic carbocycles. The molecular formula is C20H19NO3. The molecule has 4 heteroatoms. The minimum Gasteiger partial charge on any atom is -0.439 e. The van der Waals surface area contributed by atoms with Crippen LogP contribution in [0.3, 0.4) is 0 Å². The first-order valence-electron chi connectivity index (χ1n) is 7.96. The molecule has 0 aliphatic carbocycles. The van der Waals surface area contributed by atoms with E-state index < -0.39 is 12.2 Å². The van der Waals surface area contributed by atoms with Crippen LogP contribution < -0.4 is 0 Å². The Bertz CT molecular complexity index is 740. The summed E-state index contributed by atoms with van der Waals surface area (Å²) in [5.41, 5.74) is 1.54. The lowest BCUT2D eigenvalue weighted by Gasteiger charge is -2.22. The van der Waals surface area contributed by atoms with Gasteiger partial charge in [-0.3, -0.25) is 4.79 Å². The molecule has 0 unspecified atom stereocenters. The zero-order valence-corrected chi connectivity index (χ0v) is 13.5. The molecule has 24 heavy (non-hydrogen) atoms. The van der Waals surface area contributed by atoms with Crippen LogP contribution in [0.4, 0.5) is 4.79 Å². The molecule has 3 rings (SSSR count). The molecule has 122 valence electrons. The largest absolute Gasteiger partial charge is 0.439 e. The van der Waals surface area contributed by atoms with E-state index in [0.717, 1.165) is 5.56 Å². The van der Waals surface area contributed by atoms with Crippen molar-refractivity contribution in [2.45, 2.75) is 25.5 Å². The number of amides is 2. The molecule has 0 N–H and O–H groups in total. The van der Waals surface area contributed by atoms with Crippen LogP contribution in [-0.4, -0.2) is 29.0 Å². The molecule has 0 aromatic heterocycles. The number of nitrogens with zero attached hydrogens (tertiary/aromatic N) is 1. The van der Waals surface area contributed by atoms with Crippen molar-refractivity contribution in [1.29, 1.82) is 0 Å². The Morgan fingerprint density at radius 1 is 1.08 bits per heavy atom. The van der Waals surface area contributed by atoms with E-state index in [1.54, 1.807) is 24.3 Å². The predicted octanol–water partition coefficient (Wildman–Crippen LogP) is 3.84. The first kappa shape index (κ1) is 16.0. The molecule has 2 aromatic rings. The van der Waals surface area contributed by atoms with Crippen LogP contribution in [0.25, 0.3) is 0 Å². The normalized spacial score (nSPS) is 20.4. The number of ether oxygens (including phenoxy) is 1. The van der Waals surface area contributed by atoms with Crippen LogP contribution in [0.1, 0.15) is 22.8 Å². The lowest BCUT2D eigenvalue weighted by Crippen LogP contribution is -2.42. The zero-order chi connectivity index (χ0) is 16.9. The summed E-state index contributed by atoms with van der Waals surface area (Å²) in [6, 6.07) is 18.3. The van der Waals surface area contributed by atoms with Gasteiger partial charge in [-0.2, -0.15) is 0 Å². The van der Waals surface area contributed by atoms with E-state index in [-0.39, 0.29) is 11.9 Å². The maximum atomic E-state index is 12.8. The van der Waals surface area contributed by atoms with Gasteiger partial charge in [0.05, 0.1) is 6.04 Å². The molecule has 0 bridgehead atoms. The second-order valence-electron chi connectivity index (χ2n) is 5.67. The van der Waals surface area contributed by atoms with Crippen molar-refractivity contribution in [2.24, 2.45) is 0 Å². The SMILES string of the molecule is C/C=C/[C@@H]1OC(=O)N(C(=O)c2ccccc2)[C@H]1Cc1ccccc1. The summed E-state index contributed by atoms with van der Waals surface area (Å²) >= 11 is 0. The number of imide groups is 1. The van der Waals surface area contributed by atoms with Crippen LogP contribution >= 0.6 is 0 Å². The van der Waals surface area contributed by atoms with Gasteiger partial charge in [0, 0.05) is 5.56 Å². The molecule has 1 aliphatic rings. The quantitative estimate of drug-likeness (QED) is 0.804. The monoisotopic (exact) mass is 321 g/mol. The van der Waals surface area contributed by atoms with E-state index in [0.29, 0.717) is 12.0 Å². The van der Waals surface area contributed by atoms with Gasteiger partial charge in [0.1, 0.15) is 6.10 Å². The molecule has 0 saturated carbocycles. The molecule has 2 amide bonds. The van der Waals surface area contributed by atoms with E-state index in [1.807, 2.05) is 55.5 Å². The topological polar surface area (TPSA) is 46.6 Å². The molecular weight excluding hydrogens is 302 g/mol. The van der Waals surface area contributed by atoms with Crippen LogP contribution in [0.15, 0.2) is 72.8 Å². The van der Waals surface area contributed by atoms with Crippen LogP contribution in [-0.2, 0) is 11.2 Å². The molecule has 4 nitrogen and oxygen atoms in total. The molecule has 0 radical (unpaired) electrons. The van der Waals surface area contributed by atoms with Crippen molar-refractivity contribution in [3.63, 3.8) is 0 Å². The van der Waals surface area contributed by atoms with Gasteiger partial charge >= 0.3 is 6.09 Å². The molecule has 1 aliphatic heterocycles. The maximum absolute atomic E-state index is 12.8. The van der Waals surface area contributed by atoms with E-state index in [1.165, 1.54) is 4.90 Å². The Morgan fingerprint density at radius 3 is 2.33 bits per heavy atom. The summed E-state index contributed by atoms with van der Waals surface area (Å²) in [4.78, 5) is 26.4. The summed E-state index contributed by atoms with van der Waals surface area (Å²) in [5, 5.41) is 0. The standard InChI is InChI=1S/C20H19NO3/c1-2-9-18-17(14-15-10-5-3-6-11-15)21(20(23)24-18)19(22)16-12-7-4-8-13-16/h2-13,17-18H,14H2,1H3/b9-2+/t17-,18-/m0/s1. The van der Waals surface area contributed by atoms with Crippen molar-refractivity contribution in [2.75, 3.05) is 0 Å². The number of hydrogen-bond acceptors (Lipinski definition) is 3. The van der Waals surface area contributed by atoms with Crippen molar-refractivity contribution in [3.8, 4) is 0 Å². The van der Waals surface area contributed by atoms with Crippen molar-refractivity contribution < 1.29 is 14.3 Å². The number of carbonyl (C=O) groups is 2. The third kappa shape index (κ3) is 3.23. The van der Waals surface area contributed by atoms with Crippen molar-refractivity contribution >= 4 is 12.0 Å². The molecule has 1 fully saturated rings. The van der Waals surface area contributed by atoms with Crippen molar-refractivity contribution in [3.05, 3.63) is 83.9 Å². The fraction of sp³-hybridized carbons (Fsp3) is 0.200. The number of rotatable bonds is 4. The van der Waals surface area contributed by atoms with Crippen LogP contribution in [0.2, 0.25) is 0 Å². The van der Waals surface area contributed by atoms with Crippen LogP contribution in [0.5, 0.6) is 0 Å². The molecule has 1 saturated heterocycles. The second kappa shape index (κ2) is 7.13. The van der Waals surface area contributed by atoms with Gasteiger partial charge in [0.15, 0.2) is 0 Å². The highest BCUT2D eigenvalue weighted by molar-refractivity contribution is 6.04. The summed E-state index contributed by atoms with van der Waals surface area (Å²) in [7, 11) is 0. The lowest BCUT2D eigenvalue weighted by molar-refractivity contribution is 0.0774. The summed E-state index contributed by atoms with van der Waals surface area (Å²) in [5.74, 6) is -0.325. The van der Waals surface area contributed by atoms with Gasteiger partial charge in [-0.25, -0.2) is 9.69 Å². The van der Waals surface area contributed by atoms with E-state index in [9.17, 15) is 9.59 Å². The lowest BCUT2D eigenvalue weighted by atomic mass is 9.99. The van der Waals surface area contributed by atoms with Crippen LogP contribution in [0, 0.1) is 0 Å². The van der Waals surface area contributed by atoms with Gasteiger partial charge in [0.2, 0.25) is 0 Å². The number of carbonyl (C=O) groups excluding carboxylic acids is 2. The van der Waals surface area contributed by atoms with Gasteiger partial charge in [-0.1, -0.05) is 54.6 Å². The van der Waals surface area contributed by atoms with E-state index >= 15 is 0 Å². The van der Waals surface area contributed by atoms with Gasteiger partial charge in [-0.15, -0.1) is 0 Å². The highest BCUT2D eigenvalue weighted by Crippen LogP contribution is 2.26. The number of cyclic esters (lactones) is 1. The minimum atomic E-state index is -0.590. The third-order valence-electron chi connectivity index (χ3n) is 4.05. The zero-order valence-electron chi connectivity index (χ0n) is 13.5. The minimum absolute atomic E-state index is 0.325. The van der Waals surface area contributed by atoms with Gasteiger partial charge < -0.3 is 4.74 Å². The average Bonchev–Trinajstić information content (AvgIpc) is 2.91. The number of benzene rings is 2. The third-order valence-corrected chi connectivity index (χ3v) is 4.05. The Hall–Kier alpha value is -2.88. The predicted molar refractivity (Wildman–Crippen MR) is 91.6 cm³/mol. The highest BCUT2D eigenvalue weighted by Gasteiger charge is 2.44. The molecule has 2 atom stereocenters. The molecule has 0 spiro atoms. The Kier molecular flexibility index (Phi) is 4.75. The summed E-state index contributed by atoms with van der Waals surface area (Å²) < 4.78 is 5.42. The average molecular weight is 321 g/mol. The Labute approximate surface area is 141 Å². The fourth-order valence-electron chi connectivity index (χ4n) is 2.91. The Balaban J connectivity index is 1.92. The summed E-state index contributed by atoms with van der Waals surface area (Å²) in [6.07, 6.45) is 3.19. The van der Waals surface area contributed by atoms with E-state index in [4.69, 9.17) is 4.74 Å². The molecule has 1 heterocycles. The Morgan fingerprint density at radius 2 is 1.71 bits per heavy atom. The summed E-state index contributed by atoms with van der Waals surface area (Å²) in [6.45, 7) is 1.87. The van der Waals surface area contributed by atoms with E-state index in [2.05, 4.69) is 0 Å². The van der Waals surface area contributed by atoms with Gasteiger partial charge in [0.25, 0.3) is 5.91 Å². The fourth-order valence-corrected chi connectivity index (χ4v) is 2.91. The second-order valence-corrected chi connectivity index (χ2v) is 5.67.